The first-order valence-corrected chi connectivity index (χ1v) is 11.2. The van der Waals surface area contributed by atoms with Gasteiger partial charge in [-0.2, -0.15) is 0 Å². The van der Waals surface area contributed by atoms with Crippen LogP contribution in [0.15, 0.2) is 84.9 Å². The second-order valence-corrected chi connectivity index (χ2v) is 8.26. The summed E-state index contributed by atoms with van der Waals surface area (Å²) in [7, 11) is 0. The topological polar surface area (TPSA) is 42.0 Å². The molecule has 1 heterocycles. The normalized spacial score (nSPS) is 16.9. The van der Waals surface area contributed by atoms with Gasteiger partial charge in [-0.05, 0) is 35.4 Å². The summed E-state index contributed by atoms with van der Waals surface area (Å²) in [6.45, 7) is 4.45. The Hall–Kier alpha value is -3.22. The molecule has 0 aromatic heterocycles. The summed E-state index contributed by atoms with van der Waals surface area (Å²) in [5, 5.41) is 0. The Labute approximate surface area is 194 Å². The van der Waals surface area contributed by atoms with Crippen LogP contribution in [0.2, 0.25) is 0 Å². The smallest absolute Gasteiger partial charge is 0.344 e. The van der Waals surface area contributed by atoms with E-state index in [1.807, 2.05) is 24.3 Å². The van der Waals surface area contributed by atoms with Crippen molar-refractivity contribution in [3.05, 3.63) is 102 Å². The number of hydrogen-bond donors (Lipinski definition) is 0. The lowest BCUT2D eigenvalue weighted by Crippen LogP contribution is -2.54. The van der Waals surface area contributed by atoms with Crippen molar-refractivity contribution in [1.29, 1.82) is 0 Å². The van der Waals surface area contributed by atoms with Crippen LogP contribution >= 0.6 is 0 Å². The average molecular weight is 449 g/mol. The average Bonchev–Trinajstić information content (AvgIpc) is 2.85. The van der Waals surface area contributed by atoms with Gasteiger partial charge in [-0.25, -0.2) is 9.18 Å². The summed E-state index contributed by atoms with van der Waals surface area (Å²) in [5.41, 5.74) is 2.52. The highest BCUT2D eigenvalue weighted by Crippen LogP contribution is 2.17. The van der Waals surface area contributed by atoms with E-state index in [-0.39, 0.29) is 18.5 Å². The highest BCUT2D eigenvalue weighted by atomic mass is 19.1. The second kappa shape index (κ2) is 11.6. The Bertz CT molecular complexity index is 999. The first-order valence-electron chi connectivity index (χ1n) is 11.2. The summed E-state index contributed by atoms with van der Waals surface area (Å²) in [6.07, 6.45) is 0. The van der Waals surface area contributed by atoms with Crippen LogP contribution in [-0.4, -0.2) is 54.7 Å². The third-order valence-corrected chi connectivity index (χ3v) is 5.77. The first kappa shape index (κ1) is 23.0. The molecule has 1 unspecified atom stereocenters. The SMILES string of the molecule is O=C(COc1ccc(F)cc1)OCC1CN(Cc2ccccc2)CCN1Cc1ccccc1. The molecule has 0 N–H and O–H groups in total. The van der Waals surface area contributed by atoms with Crippen LogP contribution in [-0.2, 0) is 22.6 Å². The third kappa shape index (κ3) is 7.14. The molecule has 0 spiro atoms. The lowest BCUT2D eigenvalue weighted by atomic mass is 10.1. The second-order valence-electron chi connectivity index (χ2n) is 8.26. The number of carbonyl (C=O) groups excluding carboxylic acids is 1. The van der Waals surface area contributed by atoms with E-state index in [1.54, 1.807) is 0 Å². The number of benzene rings is 3. The van der Waals surface area contributed by atoms with Crippen LogP contribution in [0.25, 0.3) is 0 Å². The maximum Gasteiger partial charge on any atom is 0.344 e. The van der Waals surface area contributed by atoms with Crippen molar-refractivity contribution < 1.29 is 18.7 Å². The van der Waals surface area contributed by atoms with Crippen molar-refractivity contribution in [1.82, 2.24) is 9.80 Å². The molecule has 172 valence electrons. The molecule has 1 fully saturated rings. The van der Waals surface area contributed by atoms with Gasteiger partial charge >= 0.3 is 5.97 Å². The molecule has 1 saturated heterocycles. The number of esters is 1. The van der Waals surface area contributed by atoms with Gasteiger partial charge in [0.25, 0.3) is 0 Å². The molecule has 5 nitrogen and oxygen atoms in total. The van der Waals surface area contributed by atoms with Crippen molar-refractivity contribution >= 4 is 5.97 Å². The fourth-order valence-electron chi connectivity index (χ4n) is 4.03. The fraction of sp³-hybridized carbons (Fsp3) is 0.296. The van der Waals surface area contributed by atoms with E-state index >= 15 is 0 Å². The number of halogens is 1. The lowest BCUT2D eigenvalue weighted by molar-refractivity contribution is -0.148. The highest BCUT2D eigenvalue weighted by molar-refractivity contribution is 5.71. The summed E-state index contributed by atoms with van der Waals surface area (Å²) in [6, 6.07) is 26.4. The fourth-order valence-corrected chi connectivity index (χ4v) is 4.03. The van der Waals surface area contributed by atoms with E-state index in [0.29, 0.717) is 12.4 Å². The van der Waals surface area contributed by atoms with Crippen LogP contribution in [0.1, 0.15) is 11.1 Å². The lowest BCUT2D eigenvalue weighted by Gasteiger charge is -2.41. The zero-order valence-corrected chi connectivity index (χ0v) is 18.6. The molecular weight excluding hydrogens is 419 g/mol. The van der Waals surface area contributed by atoms with Crippen molar-refractivity contribution in [3.63, 3.8) is 0 Å². The van der Waals surface area contributed by atoms with Crippen molar-refractivity contribution in [3.8, 4) is 5.75 Å². The monoisotopic (exact) mass is 448 g/mol. The standard InChI is InChI=1S/C27H29FN2O3/c28-24-11-13-26(14-12-24)32-21-27(31)33-20-25-19-29(17-22-7-3-1-4-8-22)15-16-30(25)18-23-9-5-2-6-10-23/h1-14,25H,15-21H2. The van der Waals surface area contributed by atoms with Gasteiger partial charge in [0.05, 0.1) is 6.04 Å². The summed E-state index contributed by atoms with van der Waals surface area (Å²) >= 11 is 0. The van der Waals surface area contributed by atoms with E-state index in [1.165, 1.54) is 35.4 Å². The highest BCUT2D eigenvalue weighted by Gasteiger charge is 2.28. The van der Waals surface area contributed by atoms with Gasteiger partial charge < -0.3 is 9.47 Å². The molecular formula is C27H29FN2O3. The van der Waals surface area contributed by atoms with E-state index in [0.717, 1.165) is 32.7 Å². The quantitative estimate of drug-likeness (QED) is 0.461. The Morgan fingerprint density at radius 2 is 1.48 bits per heavy atom. The Morgan fingerprint density at radius 1 is 0.848 bits per heavy atom. The third-order valence-electron chi connectivity index (χ3n) is 5.77. The molecule has 1 atom stereocenters. The minimum Gasteiger partial charge on any atom is -0.482 e. The number of piperazine rings is 1. The predicted molar refractivity (Wildman–Crippen MR) is 125 cm³/mol. The maximum absolute atomic E-state index is 13.0. The number of carbonyl (C=O) groups is 1. The zero-order valence-electron chi connectivity index (χ0n) is 18.6. The minimum absolute atomic E-state index is 0.0810. The van der Waals surface area contributed by atoms with Gasteiger partial charge in [0.15, 0.2) is 6.61 Å². The molecule has 1 aliphatic heterocycles. The largest absolute Gasteiger partial charge is 0.482 e. The number of ether oxygens (including phenoxy) is 2. The molecule has 3 aromatic carbocycles. The Morgan fingerprint density at radius 3 is 2.15 bits per heavy atom. The van der Waals surface area contributed by atoms with E-state index in [4.69, 9.17) is 9.47 Å². The molecule has 33 heavy (non-hydrogen) atoms. The Balaban J connectivity index is 1.34. The summed E-state index contributed by atoms with van der Waals surface area (Å²) in [5.74, 6) is -0.342. The zero-order chi connectivity index (χ0) is 22.9. The van der Waals surface area contributed by atoms with Gasteiger partial charge in [-0.15, -0.1) is 0 Å². The van der Waals surface area contributed by atoms with Gasteiger partial charge in [0.1, 0.15) is 18.2 Å². The van der Waals surface area contributed by atoms with Crippen LogP contribution in [0.3, 0.4) is 0 Å². The molecule has 0 amide bonds. The number of hydrogen-bond acceptors (Lipinski definition) is 5. The molecule has 0 bridgehead atoms. The molecule has 0 radical (unpaired) electrons. The van der Waals surface area contributed by atoms with Gasteiger partial charge in [0.2, 0.25) is 0 Å². The molecule has 0 saturated carbocycles. The first-order chi connectivity index (χ1) is 16.2. The molecule has 6 heteroatoms. The predicted octanol–water partition coefficient (Wildman–Crippen LogP) is 4.13. The van der Waals surface area contributed by atoms with E-state index in [2.05, 4.69) is 46.2 Å². The molecule has 4 rings (SSSR count). The van der Waals surface area contributed by atoms with Crippen molar-refractivity contribution in [2.24, 2.45) is 0 Å². The Kier molecular flexibility index (Phi) is 8.06. The van der Waals surface area contributed by atoms with Gasteiger partial charge in [-0.1, -0.05) is 60.7 Å². The van der Waals surface area contributed by atoms with Crippen LogP contribution in [0, 0.1) is 5.82 Å². The summed E-state index contributed by atoms with van der Waals surface area (Å²) in [4.78, 5) is 17.1. The molecule has 0 aliphatic carbocycles. The van der Waals surface area contributed by atoms with E-state index < -0.39 is 5.97 Å². The van der Waals surface area contributed by atoms with Crippen LogP contribution in [0.4, 0.5) is 4.39 Å². The van der Waals surface area contributed by atoms with Crippen LogP contribution < -0.4 is 4.74 Å². The minimum atomic E-state index is -0.431. The van der Waals surface area contributed by atoms with Gasteiger partial charge in [-0.3, -0.25) is 9.80 Å². The summed E-state index contributed by atoms with van der Waals surface area (Å²) < 4.78 is 24.0. The number of rotatable bonds is 9. The molecule has 3 aromatic rings. The van der Waals surface area contributed by atoms with Gasteiger partial charge in [0, 0.05) is 32.7 Å². The molecule has 1 aliphatic rings. The van der Waals surface area contributed by atoms with Crippen LogP contribution in [0.5, 0.6) is 5.75 Å². The maximum atomic E-state index is 13.0. The number of nitrogens with zero attached hydrogens (tertiary/aromatic N) is 2. The van der Waals surface area contributed by atoms with Crippen molar-refractivity contribution in [2.75, 3.05) is 32.8 Å². The van der Waals surface area contributed by atoms with E-state index in [9.17, 15) is 9.18 Å². The van der Waals surface area contributed by atoms with Crippen molar-refractivity contribution in [2.45, 2.75) is 19.1 Å².